The van der Waals surface area contributed by atoms with Gasteiger partial charge in [-0.15, -0.1) is 0 Å². The third-order valence-electron chi connectivity index (χ3n) is 6.97. The Morgan fingerprint density at radius 3 is 2.20 bits per heavy atom. The van der Waals surface area contributed by atoms with Crippen LogP contribution in [0.25, 0.3) is 0 Å². The molecule has 176 valence electrons. The van der Waals surface area contributed by atoms with Gasteiger partial charge in [-0.1, -0.05) is 85.0 Å². The number of hydrogen-bond acceptors (Lipinski definition) is 3. The molecule has 1 fully saturated rings. The second-order valence-electron chi connectivity index (χ2n) is 9.62. The summed E-state index contributed by atoms with van der Waals surface area (Å²) in [6.45, 7) is 6.13. The molecule has 0 bridgehead atoms. The number of carbonyl (C=O) groups is 2. The van der Waals surface area contributed by atoms with Gasteiger partial charge < -0.3 is 9.84 Å². The largest absolute Gasteiger partial charge is 0.481 e. The first-order valence-corrected chi connectivity index (χ1v) is 12.9. The highest BCUT2D eigenvalue weighted by molar-refractivity contribution is 5.69. The van der Waals surface area contributed by atoms with Crippen LogP contribution in [0.3, 0.4) is 0 Å². The van der Waals surface area contributed by atoms with Crippen LogP contribution in [-0.4, -0.2) is 23.1 Å². The van der Waals surface area contributed by atoms with Crippen molar-refractivity contribution in [3.8, 4) is 0 Å². The minimum absolute atomic E-state index is 0.00286. The standard InChI is InChI=1S/C26H48O4/c1-4-6-9-17-24(30-25(27)18-7-5-2)20-19-23-16-12-15-22(23)14-11-8-10-13-21(3)26(28)29/h21-24H,4-20H2,1-3H3,(H,28,29)/t21?,22-,23+,24-/m0/s1. The van der Waals surface area contributed by atoms with Gasteiger partial charge in [0.05, 0.1) is 5.92 Å². The van der Waals surface area contributed by atoms with Crippen molar-refractivity contribution in [1.82, 2.24) is 0 Å². The Morgan fingerprint density at radius 1 is 0.867 bits per heavy atom. The van der Waals surface area contributed by atoms with E-state index in [1.54, 1.807) is 6.92 Å². The summed E-state index contributed by atoms with van der Waals surface area (Å²) in [6, 6.07) is 0. The van der Waals surface area contributed by atoms with Gasteiger partial charge in [0, 0.05) is 6.42 Å². The van der Waals surface area contributed by atoms with Crippen molar-refractivity contribution in [2.75, 3.05) is 0 Å². The Balaban J connectivity index is 2.35. The van der Waals surface area contributed by atoms with Crippen LogP contribution in [0.2, 0.25) is 0 Å². The Hall–Kier alpha value is -1.06. The summed E-state index contributed by atoms with van der Waals surface area (Å²) >= 11 is 0. The first-order valence-electron chi connectivity index (χ1n) is 12.9. The van der Waals surface area contributed by atoms with Crippen LogP contribution in [0.5, 0.6) is 0 Å². The molecule has 1 saturated carbocycles. The van der Waals surface area contributed by atoms with Gasteiger partial charge in [-0.05, 0) is 50.4 Å². The van der Waals surface area contributed by atoms with Gasteiger partial charge in [0.2, 0.25) is 0 Å². The molecule has 1 aliphatic rings. The molecule has 0 amide bonds. The van der Waals surface area contributed by atoms with E-state index in [2.05, 4.69) is 13.8 Å². The van der Waals surface area contributed by atoms with Crippen molar-refractivity contribution in [3.63, 3.8) is 0 Å². The fraction of sp³-hybridized carbons (Fsp3) is 0.923. The number of esters is 1. The molecule has 0 aromatic rings. The number of unbranched alkanes of at least 4 members (excludes halogenated alkanes) is 5. The van der Waals surface area contributed by atoms with Crippen LogP contribution in [0, 0.1) is 17.8 Å². The van der Waals surface area contributed by atoms with Crippen molar-refractivity contribution in [2.24, 2.45) is 17.8 Å². The molecule has 0 aromatic carbocycles. The number of carboxylic acids is 1. The van der Waals surface area contributed by atoms with Gasteiger partial charge in [0.25, 0.3) is 0 Å². The molecule has 4 heteroatoms. The Bertz CT molecular complexity index is 462. The third kappa shape index (κ3) is 12.0. The molecule has 30 heavy (non-hydrogen) atoms. The predicted octanol–water partition coefficient (Wildman–Crippen LogP) is 7.54. The Morgan fingerprint density at radius 2 is 1.53 bits per heavy atom. The first kappa shape index (κ1) is 27.0. The molecule has 1 N–H and O–H groups in total. The molecular weight excluding hydrogens is 376 g/mol. The maximum atomic E-state index is 12.1. The topological polar surface area (TPSA) is 63.6 Å². The second kappa shape index (κ2) is 16.6. The van der Waals surface area contributed by atoms with E-state index in [0.29, 0.717) is 6.42 Å². The molecule has 0 aliphatic heterocycles. The van der Waals surface area contributed by atoms with Crippen molar-refractivity contribution in [1.29, 1.82) is 0 Å². The minimum Gasteiger partial charge on any atom is -0.481 e. The lowest BCUT2D eigenvalue weighted by atomic mass is 9.86. The molecule has 0 saturated heterocycles. The highest BCUT2D eigenvalue weighted by atomic mass is 16.5. The molecule has 4 nitrogen and oxygen atoms in total. The lowest BCUT2D eigenvalue weighted by Crippen LogP contribution is -2.20. The molecule has 0 spiro atoms. The van der Waals surface area contributed by atoms with Crippen molar-refractivity contribution >= 4 is 11.9 Å². The van der Waals surface area contributed by atoms with E-state index in [1.165, 1.54) is 51.4 Å². The number of carboxylic acid groups (broad SMARTS) is 1. The van der Waals surface area contributed by atoms with Gasteiger partial charge in [-0.25, -0.2) is 0 Å². The molecule has 1 rings (SSSR count). The lowest BCUT2D eigenvalue weighted by Gasteiger charge is -2.23. The second-order valence-corrected chi connectivity index (χ2v) is 9.62. The number of rotatable bonds is 18. The van der Waals surface area contributed by atoms with E-state index in [0.717, 1.165) is 63.2 Å². The number of ether oxygens (including phenoxy) is 1. The summed E-state index contributed by atoms with van der Waals surface area (Å²) < 4.78 is 5.86. The monoisotopic (exact) mass is 424 g/mol. The normalized spacial score (nSPS) is 20.8. The van der Waals surface area contributed by atoms with Crippen LogP contribution in [0.4, 0.5) is 0 Å². The molecular formula is C26H48O4. The summed E-state index contributed by atoms with van der Waals surface area (Å²) in [7, 11) is 0. The number of carbonyl (C=O) groups excluding carboxylic acids is 1. The lowest BCUT2D eigenvalue weighted by molar-refractivity contribution is -0.150. The molecule has 0 aromatic heterocycles. The van der Waals surface area contributed by atoms with Crippen molar-refractivity contribution in [2.45, 2.75) is 136 Å². The highest BCUT2D eigenvalue weighted by Crippen LogP contribution is 2.39. The first-order chi connectivity index (χ1) is 14.5. The summed E-state index contributed by atoms with van der Waals surface area (Å²) in [5.74, 6) is 0.709. The fourth-order valence-corrected chi connectivity index (χ4v) is 4.88. The summed E-state index contributed by atoms with van der Waals surface area (Å²) in [6.07, 6.45) is 18.9. The van der Waals surface area contributed by atoms with Crippen molar-refractivity contribution in [3.05, 3.63) is 0 Å². The zero-order valence-electron chi connectivity index (χ0n) is 20.0. The Labute approximate surface area is 185 Å². The molecule has 0 radical (unpaired) electrons. The summed E-state index contributed by atoms with van der Waals surface area (Å²) in [5.41, 5.74) is 0. The van der Waals surface area contributed by atoms with E-state index in [1.807, 2.05) is 0 Å². The van der Waals surface area contributed by atoms with E-state index in [9.17, 15) is 9.59 Å². The predicted molar refractivity (Wildman–Crippen MR) is 123 cm³/mol. The van der Waals surface area contributed by atoms with E-state index >= 15 is 0 Å². The van der Waals surface area contributed by atoms with Crippen LogP contribution >= 0.6 is 0 Å². The maximum absolute atomic E-state index is 12.1. The van der Waals surface area contributed by atoms with Crippen LogP contribution in [-0.2, 0) is 14.3 Å². The van der Waals surface area contributed by atoms with Gasteiger partial charge >= 0.3 is 11.9 Å². The summed E-state index contributed by atoms with van der Waals surface area (Å²) in [5, 5.41) is 8.98. The van der Waals surface area contributed by atoms with Gasteiger partial charge in [0.1, 0.15) is 6.10 Å². The average molecular weight is 425 g/mol. The highest BCUT2D eigenvalue weighted by Gasteiger charge is 2.28. The smallest absolute Gasteiger partial charge is 0.306 e. The zero-order valence-corrected chi connectivity index (χ0v) is 20.0. The average Bonchev–Trinajstić information content (AvgIpc) is 3.17. The molecule has 1 unspecified atom stereocenters. The van der Waals surface area contributed by atoms with E-state index < -0.39 is 5.97 Å². The summed E-state index contributed by atoms with van der Waals surface area (Å²) in [4.78, 5) is 23.1. The van der Waals surface area contributed by atoms with E-state index in [-0.39, 0.29) is 18.0 Å². The van der Waals surface area contributed by atoms with E-state index in [4.69, 9.17) is 9.84 Å². The Kier molecular flexibility index (Phi) is 14.9. The van der Waals surface area contributed by atoms with Crippen LogP contribution < -0.4 is 0 Å². The minimum atomic E-state index is -0.672. The van der Waals surface area contributed by atoms with Gasteiger partial charge in [-0.3, -0.25) is 9.59 Å². The van der Waals surface area contributed by atoms with Crippen molar-refractivity contribution < 1.29 is 19.4 Å². The SMILES string of the molecule is CCCCC[C@@H](CC[C@H]1CCC[C@@H]1CCCCCC(C)C(=O)O)OC(=O)CCCC. The number of aliphatic carboxylic acids is 1. The van der Waals surface area contributed by atoms with Crippen LogP contribution in [0.15, 0.2) is 0 Å². The van der Waals surface area contributed by atoms with Gasteiger partial charge in [-0.2, -0.15) is 0 Å². The third-order valence-corrected chi connectivity index (χ3v) is 6.97. The molecule has 4 atom stereocenters. The zero-order chi connectivity index (χ0) is 22.2. The maximum Gasteiger partial charge on any atom is 0.306 e. The molecule has 0 heterocycles. The fourth-order valence-electron chi connectivity index (χ4n) is 4.88. The van der Waals surface area contributed by atoms with Gasteiger partial charge in [0.15, 0.2) is 0 Å². The quantitative estimate of drug-likeness (QED) is 0.182. The number of hydrogen-bond donors (Lipinski definition) is 1. The molecule has 1 aliphatic carbocycles. The van der Waals surface area contributed by atoms with Crippen LogP contribution in [0.1, 0.15) is 130 Å².